The van der Waals surface area contributed by atoms with Crippen LogP contribution in [0.25, 0.3) is 11.1 Å². The van der Waals surface area contributed by atoms with Gasteiger partial charge in [0, 0.05) is 121 Å². The molecule has 0 saturated carbocycles. The van der Waals surface area contributed by atoms with Gasteiger partial charge in [0.05, 0.1) is 23.1 Å². The molecule has 10 rings (SSSR count). The van der Waals surface area contributed by atoms with Gasteiger partial charge in [-0.05, 0) is 170 Å². The lowest BCUT2D eigenvalue weighted by molar-refractivity contribution is -0.385. The number of aryl methyl sites for hydroxylation is 2. The summed E-state index contributed by atoms with van der Waals surface area (Å²) in [5, 5.41) is 29.8. The van der Waals surface area contributed by atoms with Gasteiger partial charge in [0.1, 0.15) is 0 Å². The number of ether oxygens (including phenoxy) is 1. The molecule has 90 heavy (non-hydrogen) atoms. The van der Waals surface area contributed by atoms with Crippen LogP contribution < -0.4 is 4.90 Å². The summed E-state index contributed by atoms with van der Waals surface area (Å²) in [6.07, 6.45) is 0. The second-order valence-corrected chi connectivity index (χ2v) is 22.6. The van der Waals surface area contributed by atoms with Crippen molar-refractivity contribution in [2.24, 2.45) is 10.3 Å². The monoisotopic (exact) mass is 1240 g/mol. The Morgan fingerprint density at radius 3 is 1.12 bits per heavy atom. The van der Waals surface area contributed by atoms with Crippen molar-refractivity contribution in [3.63, 3.8) is 0 Å². The van der Waals surface area contributed by atoms with Crippen LogP contribution in [0.1, 0.15) is 88.7 Å². The van der Waals surface area contributed by atoms with Crippen molar-refractivity contribution in [2.75, 3.05) is 31.2 Å². The predicted octanol–water partition coefficient (Wildman–Crippen LogP) is 14.4. The van der Waals surface area contributed by atoms with E-state index in [1.165, 1.54) is 59.9 Å². The van der Waals surface area contributed by atoms with E-state index in [-0.39, 0.29) is 34.4 Å². The first-order valence-electron chi connectivity index (χ1n) is 27.9. The third-order valence-electron chi connectivity index (χ3n) is 14.0. The number of rotatable bonds is 20. The van der Waals surface area contributed by atoms with E-state index in [0.717, 1.165) is 63.3 Å². The van der Waals surface area contributed by atoms with Crippen LogP contribution in [0.3, 0.4) is 0 Å². The number of nitro groups is 2. The Balaban J connectivity index is 0.000000213. The standard InChI is InChI=1S/C36H26N2O6S.C34H29N3O7S/c1-23-22-30(38(42)43)16-21-33(23)34(37-44-24(2)39)36(41)29-14-19-32(20-15-29)45-31-17-12-28(13-18-31)35(40)27-10-8-26(9-11-27)25-6-4-3-5-7-25;1-22-21-28(37(41)42)11-16-31(22)32(35-44-23(2)38)34(40)26-7-14-30(15-8-26)45-29-12-5-25(6-13-29)33(39)24-3-9-27(10-4-24)36-17-19-43-20-18-36/h3-22H,1-2H3;3-16,21H,17-20H2,1-2H3/b37-34+;35-32+. The van der Waals surface area contributed by atoms with Gasteiger partial charge in [-0.1, -0.05) is 88.4 Å². The van der Waals surface area contributed by atoms with Crippen LogP contribution >= 0.6 is 23.5 Å². The minimum absolute atomic E-state index is 0.0579. The first-order chi connectivity index (χ1) is 43.4. The average molecular weight is 1240 g/mol. The molecule has 20 heteroatoms. The van der Waals surface area contributed by atoms with Crippen molar-refractivity contribution in [1.82, 2.24) is 0 Å². The van der Waals surface area contributed by atoms with E-state index >= 15 is 0 Å². The van der Waals surface area contributed by atoms with E-state index in [1.807, 2.05) is 103 Å². The smallest absolute Gasteiger partial charge is 0.332 e. The largest absolute Gasteiger partial charge is 0.378 e. The third-order valence-corrected chi connectivity index (χ3v) is 16.0. The molecular formula is C70H55N5O13S2. The normalized spacial score (nSPS) is 12.2. The molecule has 1 aliphatic rings. The second kappa shape index (κ2) is 29.7. The van der Waals surface area contributed by atoms with E-state index in [1.54, 1.807) is 86.6 Å². The molecule has 0 bridgehead atoms. The maximum absolute atomic E-state index is 13.4. The highest BCUT2D eigenvalue weighted by atomic mass is 32.2. The zero-order valence-electron chi connectivity index (χ0n) is 48.9. The highest BCUT2D eigenvalue weighted by Gasteiger charge is 2.24. The number of ketones is 4. The number of carbonyl (C=O) groups excluding carboxylic acids is 6. The third kappa shape index (κ3) is 16.4. The summed E-state index contributed by atoms with van der Waals surface area (Å²) in [7, 11) is 0. The Bertz CT molecular complexity index is 4230. The number of hydrogen-bond donors (Lipinski definition) is 0. The highest BCUT2D eigenvalue weighted by molar-refractivity contribution is 7.99. The minimum Gasteiger partial charge on any atom is -0.378 e. The van der Waals surface area contributed by atoms with Gasteiger partial charge >= 0.3 is 11.9 Å². The molecule has 18 nitrogen and oxygen atoms in total. The van der Waals surface area contributed by atoms with E-state index in [4.69, 9.17) is 14.4 Å². The van der Waals surface area contributed by atoms with Crippen LogP contribution in [-0.4, -0.2) is 82.6 Å². The molecule has 0 spiro atoms. The number of morpholine rings is 1. The van der Waals surface area contributed by atoms with Gasteiger partial charge in [0.15, 0.2) is 23.0 Å². The molecule has 0 amide bonds. The first-order valence-corrected chi connectivity index (χ1v) is 29.6. The molecule has 1 heterocycles. The maximum Gasteiger partial charge on any atom is 0.332 e. The van der Waals surface area contributed by atoms with Gasteiger partial charge in [-0.3, -0.25) is 39.4 Å². The molecule has 9 aromatic rings. The number of benzene rings is 9. The van der Waals surface area contributed by atoms with Crippen LogP contribution in [-0.2, 0) is 24.0 Å². The quantitative estimate of drug-likeness (QED) is 0.0226. The predicted molar refractivity (Wildman–Crippen MR) is 343 cm³/mol. The van der Waals surface area contributed by atoms with E-state index < -0.39 is 33.4 Å². The molecule has 450 valence electrons. The molecule has 0 aliphatic carbocycles. The summed E-state index contributed by atoms with van der Waals surface area (Å²) >= 11 is 2.93. The van der Waals surface area contributed by atoms with Crippen LogP contribution in [0.5, 0.6) is 0 Å². The van der Waals surface area contributed by atoms with E-state index in [0.29, 0.717) is 68.8 Å². The SMILES string of the molecule is CC(=O)O/N=C(/C(=O)c1ccc(Sc2ccc(C(=O)c3ccc(-c4ccccc4)cc3)cc2)cc1)c1ccc([N+](=O)[O-])cc1C.CC(=O)O/N=C(/C(=O)c1ccc(Sc2ccc(C(=O)c3ccc(N4CCOCC4)cc3)cc2)cc1)c1ccc([N+](=O)[O-])cc1C. The lowest BCUT2D eigenvalue weighted by atomic mass is 9.97. The Hall–Kier alpha value is -10.8. The van der Waals surface area contributed by atoms with Crippen molar-refractivity contribution in [1.29, 1.82) is 0 Å². The average Bonchev–Trinajstić information content (AvgIpc) is 1.41. The number of nitro benzene ring substituents is 2. The van der Waals surface area contributed by atoms with Crippen LogP contribution in [0, 0.1) is 34.1 Å². The summed E-state index contributed by atoms with van der Waals surface area (Å²) in [6, 6.07) is 61.5. The number of anilines is 1. The van der Waals surface area contributed by atoms with Gasteiger partial charge < -0.3 is 19.3 Å². The van der Waals surface area contributed by atoms with Crippen LogP contribution in [0.2, 0.25) is 0 Å². The number of oxime groups is 2. The number of nitrogens with zero attached hydrogens (tertiary/aromatic N) is 5. The molecule has 1 fully saturated rings. The summed E-state index contributed by atoms with van der Waals surface area (Å²) in [4.78, 5) is 112. The summed E-state index contributed by atoms with van der Waals surface area (Å²) in [5.41, 5.74) is 7.12. The Morgan fingerprint density at radius 1 is 0.444 bits per heavy atom. The summed E-state index contributed by atoms with van der Waals surface area (Å²) < 4.78 is 5.41. The Labute approximate surface area is 525 Å². The molecule has 0 atom stereocenters. The number of carbonyl (C=O) groups is 6. The lowest BCUT2D eigenvalue weighted by Crippen LogP contribution is -2.36. The fraction of sp³-hybridized carbons (Fsp3) is 0.114. The van der Waals surface area contributed by atoms with Crippen molar-refractivity contribution >= 4 is 87.1 Å². The Morgan fingerprint density at radius 2 is 0.778 bits per heavy atom. The zero-order chi connectivity index (χ0) is 63.8. The fourth-order valence-corrected chi connectivity index (χ4v) is 11.0. The van der Waals surface area contributed by atoms with Crippen LogP contribution in [0.15, 0.2) is 242 Å². The summed E-state index contributed by atoms with van der Waals surface area (Å²) in [5.74, 6) is -2.56. The molecule has 1 aliphatic heterocycles. The molecule has 0 aromatic heterocycles. The number of hydrogen-bond acceptors (Lipinski definition) is 18. The molecule has 9 aromatic carbocycles. The Kier molecular flexibility index (Phi) is 21.0. The molecule has 1 saturated heterocycles. The first kappa shape index (κ1) is 63.7. The van der Waals surface area contributed by atoms with Gasteiger partial charge in [0.25, 0.3) is 11.4 Å². The lowest BCUT2D eigenvalue weighted by Gasteiger charge is -2.28. The van der Waals surface area contributed by atoms with Crippen molar-refractivity contribution in [2.45, 2.75) is 47.3 Å². The van der Waals surface area contributed by atoms with Gasteiger partial charge in [-0.25, -0.2) is 9.59 Å². The van der Waals surface area contributed by atoms with Crippen LogP contribution in [0.4, 0.5) is 17.1 Å². The molecule has 0 radical (unpaired) electrons. The topological polar surface area (TPSA) is 244 Å². The van der Waals surface area contributed by atoms with Gasteiger partial charge in [0.2, 0.25) is 11.6 Å². The van der Waals surface area contributed by atoms with Crippen molar-refractivity contribution in [3.05, 3.63) is 288 Å². The van der Waals surface area contributed by atoms with Gasteiger partial charge in [-0.15, -0.1) is 0 Å². The number of Topliss-reactive ketones (excluding diaryl/α,β-unsaturated/α-hetero) is 2. The zero-order valence-corrected chi connectivity index (χ0v) is 50.5. The number of non-ortho nitro benzene ring substituents is 2. The van der Waals surface area contributed by atoms with Crippen molar-refractivity contribution < 1.29 is 53.0 Å². The highest BCUT2D eigenvalue weighted by Crippen LogP contribution is 2.32. The van der Waals surface area contributed by atoms with E-state index in [2.05, 4.69) is 15.2 Å². The fourth-order valence-electron chi connectivity index (χ4n) is 9.37. The molecule has 0 unspecified atom stereocenters. The molecular weight excluding hydrogens is 1180 g/mol. The summed E-state index contributed by atoms with van der Waals surface area (Å²) in [6.45, 7) is 8.60. The second-order valence-electron chi connectivity index (χ2n) is 20.3. The molecule has 0 N–H and O–H groups in total. The van der Waals surface area contributed by atoms with Gasteiger partial charge in [-0.2, -0.15) is 0 Å². The maximum atomic E-state index is 13.4. The van der Waals surface area contributed by atoms with E-state index in [9.17, 15) is 49.0 Å². The minimum atomic E-state index is -0.708. The van der Waals surface area contributed by atoms with Crippen molar-refractivity contribution in [3.8, 4) is 11.1 Å².